The zero-order valence-corrected chi connectivity index (χ0v) is 11.2. The van der Waals surface area contributed by atoms with Crippen LogP contribution in [0.1, 0.15) is 39.5 Å². The van der Waals surface area contributed by atoms with Crippen molar-refractivity contribution < 1.29 is 9.59 Å². The molecule has 4 heteroatoms. The zero-order chi connectivity index (χ0) is 13.7. The molecule has 0 aromatic heterocycles. The highest BCUT2D eigenvalue weighted by Crippen LogP contribution is 2.19. The summed E-state index contributed by atoms with van der Waals surface area (Å²) in [5, 5.41) is 5.89. The van der Waals surface area contributed by atoms with Crippen molar-refractivity contribution in [2.75, 3.05) is 0 Å². The molecule has 18 heavy (non-hydrogen) atoms. The summed E-state index contributed by atoms with van der Waals surface area (Å²) >= 11 is 0. The Labute approximate surface area is 109 Å². The Bertz CT molecular complexity index is 330. The van der Waals surface area contributed by atoms with Gasteiger partial charge in [0.25, 0.3) is 0 Å². The van der Waals surface area contributed by atoms with Crippen LogP contribution in [-0.4, -0.2) is 23.9 Å². The van der Waals surface area contributed by atoms with E-state index in [-0.39, 0.29) is 23.9 Å². The highest BCUT2D eigenvalue weighted by atomic mass is 16.2. The number of hydrogen-bond donors (Lipinski definition) is 2. The molecular formula is C14H22N2O2. The van der Waals surface area contributed by atoms with Gasteiger partial charge >= 0.3 is 0 Å². The van der Waals surface area contributed by atoms with Crippen LogP contribution in [0.5, 0.6) is 0 Å². The first-order valence-electron chi connectivity index (χ1n) is 6.33. The highest BCUT2D eigenvalue weighted by molar-refractivity contribution is 5.92. The molecule has 1 aliphatic rings. The second-order valence-corrected chi connectivity index (χ2v) is 5.06. The maximum atomic E-state index is 11.5. The van der Waals surface area contributed by atoms with Crippen molar-refractivity contribution >= 4 is 11.8 Å². The number of rotatable bonds is 4. The van der Waals surface area contributed by atoms with E-state index in [1.54, 1.807) is 13.8 Å². The molecule has 0 radical (unpaired) electrons. The van der Waals surface area contributed by atoms with Crippen LogP contribution in [-0.2, 0) is 9.59 Å². The number of amides is 2. The molecule has 0 aliphatic heterocycles. The Hall–Kier alpha value is -1.58. The average molecular weight is 250 g/mol. The Morgan fingerprint density at radius 1 is 0.833 bits per heavy atom. The van der Waals surface area contributed by atoms with E-state index in [0.717, 1.165) is 25.7 Å². The van der Waals surface area contributed by atoms with Gasteiger partial charge < -0.3 is 10.6 Å². The van der Waals surface area contributed by atoms with Crippen LogP contribution in [0.25, 0.3) is 0 Å². The minimum Gasteiger partial charge on any atom is -0.350 e. The standard InChI is InChI=1S/C14H22N2O2/c1-9(2)13(17)15-11-5-7-12(8-6-11)16-14(18)10(3)4/h11-12H,1,3,5-8H2,2,4H3,(H,15,17)(H,16,18). The molecule has 2 N–H and O–H groups in total. The van der Waals surface area contributed by atoms with E-state index in [9.17, 15) is 9.59 Å². The van der Waals surface area contributed by atoms with E-state index in [0.29, 0.717) is 11.1 Å². The Morgan fingerprint density at radius 3 is 1.33 bits per heavy atom. The molecule has 1 saturated carbocycles. The molecule has 4 nitrogen and oxygen atoms in total. The van der Waals surface area contributed by atoms with Gasteiger partial charge in [-0.25, -0.2) is 0 Å². The van der Waals surface area contributed by atoms with Crippen molar-refractivity contribution in [3.05, 3.63) is 24.3 Å². The Kier molecular flexibility index (Phi) is 5.13. The van der Waals surface area contributed by atoms with Gasteiger partial charge in [-0.1, -0.05) is 13.2 Å². The molecule has 1 fully saturated rings. The molecule has 0 spiro atoms. The quantitative estimate of drug-likeness (QED) is 0.746. The van der Waals surface area contributed by atoms with Crippen molar-refractivity contribution in [1.29, 1.82) is 0 Å². The van der Waals surface area contributed by atoms with Crippen molar-refractivity contribution in [3.63, 3.8) is 0 Å². The van der Waals surface area contributed by atoms with Gasteiger partial charge in [-0.2, -0.15) is 0 Å². The lowest BCUT2D eigenvalue weighted by Gasteiger charge is -2.29. The normalized spacial score (nSPS) is 23.0. The minimum atomic E-state index is -0.0792. The van der Waals surface area contributed by atoms with Crippen LogP contribution >= 0.6 is 0 Å². The van der Waals surface area contributed by atoms with Crippen LogP contribution < -0.4 is 10.6 Å². The van der Waals surface area contributed by atoms with Gasteiger partial charge in [0.15, 0.2) is 0 Å². The van der Waals surface area contributed by atoms with E-state index in [4.69, 9.17) is 0 Å². The molecule has 2 amide bonds. The summed E-state index contributed by atoms with van der Waals surface area (Å²) in [4.78, 5) is 22.9. The zero-order valence-electron chi connectivity index (χ0n) is 11.2. The summed E-state index contributed by atoms with van der Waals surface area (Å²) < 4.78 is 0. The second-order valence-electron chi connectivity index (χ2n) is 5.06. The monoisotopic (exact) mass is 250 g/mol. The third-order valence-electron chi connectivity index (χ3n) is 3.17. The summed E-state index contributed by atoms with van der Waals surface area (Å²) in [5.41, 5.74) is 1.07. The van der Waals surface area contributed by atoms with Gasteiger partial charge in [0.1, 0.15) is 0 Å². The summed E-state index contributed by atoms with van der Waals surface area (Å²) in [5.74, 6) is -0.158. The van der Waals surface area contributed by atoms with Gasteiger partial charge in [-0.05, 0) is 39.5 Å². The third kappa shape index (κ3) is 4.35. The second kappa shape index (κ2) is 6.38. The van der Waals surface area contributed by atoms with E-state index >= 15 is 0 Å². The molecule has 0 unspecified atom stereocenters. The molecular weight excluding hydrogens is 228 g/mol. The number of carbonyl (C=O) groups excluding carboxylic acids is 2. The first-order chi connectivity index (χ1) is 8.40. The third-order valence-corrected chi connectivity index (χ3v) is 3.17. The Balaban J connectivity index is 2.33. The molecule has 0 heterocycles. The largest absolute Gasteiger partial charge is 0.350 e. The van der Waals surface area contributed by atoms with Gasteiger partial charge in [-0.15, -0.1) is 0 Å². The minimum absolute atomic E-state index is 0.0792. The summed E-state index contributed by atoms with van der Waals surface area (Å²) in [7, 11) is 0. The predicted octanol–water partition coefficient (Wildman–Crippen LogP) is 1.68. The smallest absolute Gasteiger partial charge is 0.246 e. The molecule has 0 aromatic rings. The maximum Gasteiger partial charge on any atom is 0.246 e. The first-order valence-corrected chi connectivity index (χ1v) is 6.33. The van der Waals surface area contributed by atoms with Crippen LogP contribution in [0.15, 0.2) is 24.3 Å². The molecule has 100 valence electrons. The number of nitrogens with one attached hydrogen (secondary N) is 2. The highest BCUT2D eigenvalue weighted by Gasteiger charge is 2.23. The molecule has 0 bridgehead atoms. The average Bonchev–Trinajstić information content (AvgIpc) is 2.31. The first kappa shape index (κ1) is 14.5. The SMILES string of the molecule is C=C(C)C(=O)NC1CCC(NC(=O)C(=C)C)CC1. The van der Waals surface area contributed by atoms with Gasteiger partial charge in [0, 0.05) is 23.2 Å². The number of carbonyl (C=O) groups is 2. The fourth-order valence-corrected chi connectivity index (χ4v) is 2.00. The van der Waals surface area contributed by atoms with Crippen LogP contribution in [0.4, 0.5) is 0 Å². The van der Waals surface area contributed by atoms with Crippen molar-refractivity contribution in [3.8, 4) is 0 Å². The van der Waals surface area contributed by atoms with Crippen LogP contribution in [0.2, 0.25) is 0 Å². The topological polar surface area (TPSA) is 58.2 Å². The summed E-state index contributed by atoms with van der Waals surface area (Å²) in [6, 6.07) is 0.402. The van der Waals surface area contributed by atoms with E-state index in [2.05, 4.69) is 23.8 Å². The van der Waals surface area contributed by atoms with Crippen molar-refractivity contribution in [1.82, 2.24) is 10.6 Å². The molecule has 1 aliphatic carbocycles. The van der Waals surface area contributed by atoms with Crippen molar-refractivity contribution in [2.24, 2.45) is 0 Å². The van der Waals surface area contributed by atoms with E-state index < -0.39 is 0 Å². The summed E-state index contributed by atoms with van der Waals surface area (Å²) in [6.45, 7) is 10.6. The lowest BCUT2D eigenvalue weighted by atomic mass is 9.91. The van der Waals surface area contributed by atoms with E-state index in [1.165, 1.54) is 0 Å². The Morgan fingerprint density at radius 2 is 1.11 bits per heavy atom. The number of hydrogen-bond acceptors (Lipinski definition) is 2. The lowest BCUT2D eigenvalue weighted by Crippen LogP contribution is -2.44. The van der Waals surface area contributed by atoms with Gasteiger partial charge in [-0.3, -0.25) is 9.59 Å². The fraction of sp³-hybridized carbons (Fsp3) is 0.571. The molecule has 0 saturated heterocycles. The fourth-order valence-electron chi connectivity index (χ4n) is 2.00. The van der Waals surface area contributed by atoms with E-state index in [1.807, 2.05) is 0 Å². The summed E-state index contributed by atoms with van der Waals surface area (Å²) in [6.07, 6.45) is 3.56. The van der Waals surface area contributed by atoms with Gasteiger partial charge in [0.05, 0.1) is 0 Å². The molecule has 1 rings (SSSR count). The van der Waals surface area contributed by atoms with Crippen LogP contribution in [0, 0.1) is 0 Å². The molecule has 0 aromatic carbocycles. The lowest BCUT2D eigenvalue weighted by molar-refractivity contribution is -0.119. The predicted molar refractivity (Wildman–Crippen MR) is 72.0 cm³/mol. The van der Waals surface area contributed by atoms with Crippen molar-refractivity contribution in [2.45, 2.75) is 51.6 Å². The van der Waals surface area contributed by atoms with Gasteiger partial charge in [0.2, 0.25) is 11.8 Å². The van der Waals surface area contributed by atoms with Crippen LogP contribution in [0.3, 0.4) is 0 Å². The molecule has 0 atom stereocenters. The maximum absolute atomic E-state index is 11.5.